The minimum absolute atomic E-state index is 0.234. The number of aromatic amines is 1. The molecule has 1 aliphatic rings. The first-order valence-electron chi connectivity index (χ1n) is 7.97. The zero-order valence-electron chi connectivity index (χ0n) is 13.2. The number of aryl methyl sites for hydroxylation is 2. The SMILES string of the molecule is C[C@H](C(=O)Nc1ccc2cn[nH]c2c1)n1nc2c(cc1=O)CCC2. The average molecular weight is 323 g/mol. The van der Waals surface area contributed by atoms with E-state index in [1.807, 2.05) is 12.1 Å². The number of amides is 1. The van der Waals surface area contributed by atoms with Gasteiger partial charge in [0.1, 0.15) is 6.04 Å². The lowest BCUT2D eigenvalue weighted by Gasteiger charge is -2.15. The third kappa shape index (κ3) is 2.47. The number of hydrogen-bond donors (Lipinski definition) is 2. The molecule has 0 fully saturated rings. The van der Waals surface area contributed by atoms with Crippen LogP contribution in [0.1, 0.15) is 30.6 Å². The van der Waals surface area contributed by atoms with E-state index >= 15 is 0 Å². The summed E-state index contributed by atoms with van der Waals surface area (Å²) in [7, 11) is 0. The van der Waals surface area contributed by atoms with Crippen LogP contribution in [0.5, 0.6) is 0 Å². The van der Waals surface area contributed by atoms with Gasteiger partial charge in [-0.3, -0.25) is 14.7 Å². The predicted molar refractivity (Wildman–Crippen MR) is 90.0 cm³/mol. The highest BCUT2D eigenvalue weighted by molar-refractivity contribution is 5.95. The van der Waals surface area contributed by atoms with Crippen LogP contribution in [-0.4, -0.2) is 25.9 Å². The largest absolute Gasteiger partial charge is 0.324 e. The Morgan fingerprint density at radius 3 is 3.08 bits per heavy atom. The van der Waals surface area contributed by atoms with Crippen molar-refractivity contribution in [2.45, 2.75) is 32.2 Å². The summed E-state index contributed by atoms with van der Waals surface area (Å²) < 4.78 is 1.27. The number of H-pyrrole nitrogens is 1. The molecule has 24 heavy (non-hydrogen) atoms. The maximum atomic E-state index is 12.5. The zero-order chi connectivity index (χ0) is 16.7. The lowest BCUT2D eigenvalue weighted by atomic mass is 10.2. The van der Waals surface area contributed by atoms with Crippen LogP contribution in [0.25, 0.3) is 10.9 Å². The van der Waals surface area contributed by atoms with Crippen molar-refractivity contribution in [2.75, 3.05) is 5.32 Å². The molecule has 0 saturated carbocycles. The number of anilines is 1. The molecule has 2 aromatic heterocycles. The van der Waals surface area contributed by atoms with E-state index in [0.717, 1.165) is 41.4 Å². The third-order valence-corrected chi connectivity index (χ3v) is 4.44. The van der Waals surface area contributed by atoms with E-state index in [0.29, 0.717) is 5.69 Å². The number of aromatic nitrogens is 4. The Bertz CT molecular complexity index is 988. The summed E-state index contributed by atoms with van der Waals surface area (Å²) in [6.45, 7) is 1.68. The monoisotopic (exact) mass is 323 g/mol. The summed E-state index contributed by atoms with van der Waals surface area (Å²) >= 11 is 0. The molecule has 122 valence electrons. The second-order valence-corrected chi connectivity index (χ2v) is 6.09. The fraction of sp³-hybridized carbons (Fsp3) is 0.294. The summed E-state index contributed by atoms with van der Waals surface area (Å²) in [6.07, 6.45) is 4.48. The lowest BCUT2D eigenvalue weighted by Crippen LogP contribution is -2.33. The Morgan fingerprint density at radius 1 is 1.33 bits per heavy atom. The van der Waals surface area contributed by atoms with E-state index in [9.17, 15) is 9.59 Å². The van der Waals surface area contributed by atoms with Crippen LogP contribution in [0.3, 0.4) is 0 Å². The summed E-state index contributed by atoms with van der Waals surface area (Å²) in [6, 6.07) is 6.42. The van der Waals surface area contributed by atoms with Crippen molar-refractivity contribution in [3.05, 3.63) is 52.1 Å². The maximum absolute atomic E-state index is 12.5. The third-order valence-electron chi connectivity index (χ3n) is 4.44. The fourth-order valence-corrected chi connectivity index (χ4v) is 3.07. The van der Waals surface area contributed by atoms with Gasteiger partial charge in [0.25, 0.3) is 5.56 Å². The Hall–Kier alpha value is -2.96. The van der Waals surface area contributed by atoms with Crippen LogP contribution in [0.15, 0.2) is 35.3 Å². The van der Waals surface area contributed by atoms with Crippen LogP contribution in [0.4, 0.5) is 5.69 Å². The van der Waals surface area contributed by atoms with Gasteiger partial charge >= 0.3 is 0 Å². The van der Waals surface area contributed by atoms with Crippen molar-refractivity contribution < 1.29 is 4.79 Å². The normalized spacial score (nSPS) is 14.5. The molecule has 0 radical (unpaired) electrons. The molecule has 0 spiro atoms. The van der Waals surface area contributed by atoms with Crippen LogP contribution in [-0.2, 0) is 17.6 Å². The summed E-state index contributed by atoms with van der Waals surface area (Å²) in [5.74, 6) is -0.276. The molecular weight excluding hydrogens is 306 g/mol. The molecule has 7 heteroatoms. The minimum atomic E-state index is -0.680. The van der Waals surface area contributed by atoms with Gasteiger partial charge in [-0.2, -0.15) is 10.2 Å². The van der Waals surface area contributed by atoms with Crippen molar-refractivity contribution in [3.8, 4) is 0 Å². The molecule has 1 aliphatic carbocycles. The summed E-state index contributed by atoms with van der Waals surface area (Å²) in [4.78, 5) is 24.7. The molecule has 0 unspecified atom stereocenters. The van der Waals surface area contributed by atoms with Crippen LogP contribution >= 0.6 is 0 Å². The van der Waals surface area contributed by atoms with E-state index in [-0.39, 0.29) is 11.5 Å². The van der Waals surface area contributed by atoms with Crippen LogP contribution in [0.2, 0.25) is 0 Å². The number of rotatable bonds is 3. The van der Waals surface area contributed by atoms with Gasteiger partial charge in [-0.1, -0.05) is 0 Å². The predicted octanol–water partition coefficient (Wildman–Crippen LogP) is 1.81. The van der Waals surface area contributed by atoms with Gasteiger partial charge in [0.2, 0.25) is 5.91 Å². The van der Waals surface area contributed by atoms with Gasteiger partial charge in [0.15, 0.2) is 0 Å². The standard InChI is InChI=1S/C17H17N5O2/c1-10(22-16(23)7-11-3-2-4-14(11)21-22)17(24)19-13-6-5-12-9-18-20-15(12)8-13/h5-10H,2-4H2,1H3,(H,18,20)(H,19,24)/t10-/m1/s1. The fourth-order valence-electron chi connectivity index (χ4n) is 3.07. The molecule has 0 bridgehead atoms. The number of nitrogens with zero attached hydrogens (tertiary/aromatic N) is 3. The zero-order valence-corrected chi connectivity index (χ0v) is 13.2. The highest BCUT2D eigenvalue weighted by Gasteiger charge is 2.21. The Balaban J connectivity index is 1.58. The quantitative estimate of drug-likeness (QED) is 0.769. The second kappa shape index (κ2) is 5.59. The highest BCUT2D eigenvalue weighted by atomic mass is 16.2. The molecule has 2 N–H and O–H groups in total. The van der Waals surface area contributed by atoms with Crippen LogP contribution in [0, 0.1) is 0 Å². The first kappa shape index (κ1) is 14.6. The average Bonchev–Trinajstić information content (AvgIpc) is 3.21. The van der Waals surface area contributed by atoms with E-state index < -0.39 is 6.04 Å². The second-order valence-electron chi connectivity index (χ2n) is 6.09. The first-order valence-corrected chi connectivity index (χ1v) is 7.97. The molecule has 1 amide bonds. The highest BCUT2D eigenvalue weighted by Crippen LogP contribution is 2.20. The van der Waals surface area contributed by atoms with Gasteiger partial charge in [0, 0.05) is 17.1 Å². The van der Waals surface area contributed by atoms with Crippen molar-refractivity contribution in [2.24, 2.45) is 0 Å². The van der Waals surface area contributed by atoms with E-state index in [1.54, 1.807) is 25.3 Å². The van der Waals surface area contributed by atoms with Crippen molar-refractivity contribution in [3.63, 3.8) is 0 Å². The van der Waals surface area contributed by atoms with Gasteiger partial charge in [0.05, 0.1) is 17.4 Å². The number of benzene rings is 1. The molecule has 7 nitrogen and oxygen atoms in total. The Kier molecular flexibility index (Phi) is 3.41. The van der Waals surface area contributed by atoms with Crippen molar-refractivity contribution in [1.82, 2.24) is 20.0 Å². The maximum Gasteiger partial charge on any atom is 0.267 e. The molecule has 2 heterocycles. The van der Waals surface area contributed by atoms with Gasteiger partial charge in [-0.15, -0.1) is 0 Å². The molecule has 3 aromatic rings. The Labute approximate surface area is 137 Å². The van der Waals surface area contributed by atoms with Crippen molar-refractivity contribution >= 4 is 22.5 Å². The van der Waals surface area contributed by atoms with E-state index in [2.05, 4.69) is 20.6 Å². The van der Waals surface area contributed by atoms with E-state index in [4.69, 9.17) is 0 Å². The lowest BCUT2D eigenvalue weighted by molar-refractivity contribution is -0.119. The molecule has 1 aromatic carbocycles. The molecule has 4 rings (SSSR count). The smallest absolute Gasteiger partial charge is 0.267 e. The number of hydrogen-bond acceptors (Lipinski definition) is 4. The molecule has 0 saturated heterocycles. The first-order chi connectivity index (χ1) is 11.6. The number of fused-ring (bicyclic) bond motifs is 2. The molecule has 0 aliphatic heterocycles. The van der Waals surface area contributed by atoms with E-state index in [1.165, 1.54) is 4.68 Å². The molecular formula is C17H17N5O2. The topological polar surface area (TPSA) is 92.7 Å². The van der Waals surface area contributed by atoms with Gasteiger partial charge in [-0.25, -0.2) is 4.68 Å². The van der Waals surface area contributed by atoms with Gasteiger partial charge < -0.3 is 5.32 Å². The molecule has 1 atom stereocenters. The number of carbonyl (C=O) groups excluding carboxylic acids is 1. The summed E-state index contributed by atoms with van der Waals surface area (Å²) in [5.41, 5.74) is 3.19. The minimum Gasteiger partial charge on any atom is -0.324 e. The summed E-state index contributed by atoms with van der Waals surface area (Å²) in [5, 5.41) is 15.0. The van der Waals surface area contributed by atoms with Crippen molar-refractivity contribution in [1.29, 1.82) is 0 Å². The number of nitrogens with one attached hydrogen (secondary N) is 2. The van der Waals surface area contributed by atoms with Gasteiger partial charge in [-0.05, 0) is 49.9 Å². The Morgan fingerprint density at radius 2 is 2.21 bits per heavy atom. The van der Waals surface area contributed by atoms with Crippen LogP contribution < -0.4 is 10.9 Å². The number of carbonyl (C=O) groups is 1.